The lowest BCUT2D eigenvalue weighted by molar-refractivity contribution is -0.262. The molecule has 11 heteroatoms. The minimum absolute atomic E-state index is 0.0234. The van der Waals surface area contributed by atoms with Crippen LogP contribution in [0.25, 0.3) is 0 Å². The predicted molar refractivity (Wildman–Crippen MR) is 114 cm³/mol. The van der Waals surface area contributed by atoms with E-state index in [0.29, 0.717) is 28.5 Å². The fourth-order valence-corrected chi connectivity index (χ4v) is 4.95. The molecule has 164 valence electrons. The highest BCUT2D eigenvalue weighted by Crippen LogP contribution is 2.22. The fraction of sp³-hybridized carbons (Fsp3) is 0.421. The van der Waals surface area contributed by atoms with Gasteiger partial charge < -0.3 is 15.2 Å². The first-order valence-corrected chi connectivity index (χ1v) is 11.5. The first-order valence-electron chi connectivity index (χ1n) is 9.24. The van der Waals surface area contributed by atoms with Crippen molar-refractivity contribution < 1.29 is 23.1 Å². The summed E-state index contributed by atoms with van der Waals surface area (Å²) < 4.78 is 27.0. The molecule has 30 heavy (non-hydrogen) atoms. The van der Waals surface area contributed by atoms with Gasteiger partial charge in [0.1, 0.15) is 0 Å². The van der Waals surface area contributed by atoms with E-state index in [1.165, 1.54) is 38.3 Å². The number of thiazole rings is 1. The summed E-state index contributed by atoms with van der Waals surface area (Å²) in [5.41, 5.74) is 0.348. The predicted octanol–water partition coefficient (Wildman–Crippen LogP) is 1.76. The molecule has 0 saturated heterocycles. The molecular weight excluding hydrogens is 428 g/mol. The minimum atomic E-state index is -4.23. The molecular formula is C19H25N4O5S2-. The van der Waals surface area contributed by atoms with Gasteiger partial charge in [-0.15, -0.1) is 0 Å². The number of ketones is 1. The number of nitrogens with one attached hydrogen (secondary N) is 2. The Morgan fingerprint density at radius 3 is 2.47 bits per heavy atom. The molecule has 0 fully saturated rings. The summed E-state index contributed by atoms with van der Waals surface area (Å²) in [5.74, 6) is -0.101. The number of nitrogens with zero attached hydrogens (tertiary/aromatic N) is 2. The lowest BCUT2D eigenvalue weighted by Crippen LogP contribution is -2.58. The van der Waals surface area contributed by atoms with Crippen LogP contribution in [0.15, 0.2) is 30.5 Å². The van der Waals surface area contributed by atoms with E-state index in [-0.39, 0.29) is 16.6 Å². The van der Waals surface area contributed by atoms with Gasteiger partial charge in [-0.1, -0.05) is 35.6 Å². The molecule has 0 saturated carbocycles. The molecule has 0 aliphatic rings. The molecule has 1 aromatic heterocycles. The van der Waals surface area contributed by atoms with Crippen molar-refractivity contribution in [2.45, 2.75) is 39.7 Å². The molecule has 0 atom stereocenters. The molecule has 2 rings (SSSR count). The van der Waals surface area contributed by atoms with Gasteiger partial charge in [0.15, 0.2) is 11.2 Å². The Kier molecular flexibility index (Phi) is 7.56. The van der Waals surface area contributed by atoms with Crippen molar-refractivity contribution in [3.63, 3.8) is 0 Å². The molecule has 1 aromatic carbocycles. The highest BCUT2D eigenvalue weighted by molar-refractivity contribution is 7.87. The van der Waals surface area contributed by atoms with E-state index in [2.05, 4.69) is 15.0 Å². The Morgan fingerprint density at radius 1 is 1.20 bits per heavy atom. The van der Waals surface area contributed by atoms with Gasteiger partial charge in [-0.25, -0.2) is 9.29 Å². The van der Waals surface area contributed by atoms with Crippen LogP contribution in [0.1, 0.15) is 48.0 Å². The first kappa shape index (κ1) is 23.8. The van der Waals surface area contributed by atoms with Crippen LogP contribution in [-0.2, 0) is 10.2 Å². The number of hydrogen-bond donors (Lipinski definition) is 2. The molecule has 0 aliphatic heterocycles. The number of carbonyl (C=O) groups excluding carboxylic acids is 2. The van der Waals surface area contributed by atoms with Gasteiger partial charge in [-0.05, 0) is 39.7 Å². The number of benzene rings is 1. The summed E-state index contributed by atoms with van der Waals surface area (Å²) in [6.45, 7) is 6.66. The third-order valence-electron chi connectivity index (χ3n) is 4.05. The molecule has 0 radical (unpaired) electrons. The maximum absolute atomic E-state index is 12.6. The number of rotatable bonds is 9. The van der Waals surface area contributed by atoms with E-state index in [1.54, 1.807) is 6.07 Å². The zero-order chi connectivity index (χ0) is 22.5. The lowest BCUT2D eigenvalue weighted by Gasteiger charge is -2.36. The van der Waals surface area contributed by atoms with Gasteiger partial charge in [0.2, 0.25) is 5.78 Å². The third kappa shape index (κ3) is 6.00. The van der Waals surface area contributed by atoms with Crippen molar-refractivity contribution in [1.82, 2.24) is 14.0 Å². The summed E-state index contributed by atoms with van der Waals surface area (Å²) in [6.07, 6.45) is 0.0953. The molecule has 1 heterocycles. The van der Waals surface area contributed by atoms with Gasteiger partial charge in [-0.2, -0.15) is 13.1 Å². The Balaban J connectivity index is 1.86. The molecule has 0 aliphatic carbocycles. The summed E-state index contributed by atoms with van der Waals surface area (Å²) in [7, 11) is -4.23. The number of carboxylic acid groups (broad SMARTS) is 1. The third-order valence-corrected chi connectivity index (χ3v) is 6.75. The van der Waals surface area contributed by atoms with Crippen LogP contribution in [-0.4, -0.2) is 48.2 Å². The number of anilines is 1. The van der Waals surface area contributed by atoms with Crippen LogP contribution in [0, 0.1) is 6.92 Å². The largest absolute Gasteiger partial charge is 0.529 e. The van der Waals surface area contributed by atoms with Crippen LogP contribution in [0.4, 0.5) is 9.93 Å². The number of hydrogen-bond acceptors (Lipinski definition) is 8. The standard InChI is InChI=1S/C19H26N4O5S2/c1-13-8-5-6-9-14(13)16(24)15-12-21-17(29-15)20-10-7-11-22-30(27,28)23(18(25)26)19(2,3)4/h5-6,8-9,12,22H,7,10-11H2,1-4H3,(H,20,21)(H,25,26)/p-1. The van der Waals surface area contributed by atoms with Crippen LogP contribution < -0.4 is 15.1 Å². The summed E-state index contributed by atoms with van der Waals surface area (Å²) in [6, 6.07) is 7.32. The quantitative estimate of drug-likeness (QED) is 0.437. The van der Waals surface area contributed by atoms with Crippen LogP contribution in [0.5, 0.6) is 0 Å². The fourth-order valence-electron chi connectivity index (χ4n) is 2.70. The molecule has 0 bridgehead atoms. The maximum atomic E-state index is 12.6. The van der Waals surface area contributed by atoms with Gasteiger partial charge in [-0.3, -0.25) is 4.79 Å². The second-order valence-electron chi connectivity index (χ2n) is 7.55. The molecule has 0 unspecified atom stereocenters. The highest BCUT2D eigenvalue weighted by Gasteiger charge is 2.32. The van der Waals surface area contributed by atoms with Crippen LogP contribution >= 0.6 is 11.3 Å². The second kappa shape index (κ2) is 9.54. The smallest absolute Gasteiger partial charge is 0.302 e. The summed E-state index contributed by atoms with van der Waals surface area (Å²) in [4.78, 5) is 28.4. The molecule has 0 spiro atoms. The van der Waals surface area contributed by atoms with Gasteiger partial charge in [0, 0.05) is 18.7 Å². The average Bonchev–Trinajstić information content (AvgIpc) is 3.08. The first-order chi connectivity index (χ1) is 13.9. The van der Waals surface area contributed by atoms with Crippen molar-refractivity contribution in [3.8, 4) is 0 Å². The zero-order valence-corrected chi connectivity index (χ0v) is 18.9. The van der Waals surface area contributed by atoms with Gasteiger partial charge in [0.05, 0.1) is 16.6 Å². The van der Waals surface area contributed by atoms with E-state index >= 15 is 0 Å². The number of amides is 1. The second-order valence-corrected chi connectivity index (χ2v) is 10.2. The average molecular weight is 454 g/mol. The zero-order valence-electron chi connectivity index (χ0n) is 17.3. The van der Waals surface area contributed by atoms with E-state index < -0.39 is 21.8 Å². The van der Waals surface area contributed by atoms with E-state index in [9.17, 15) is 23.1 Å². The Hall–Kier alpha value is -2.50. The van der Waals surface area contributed by atoms with Crippen LogP contribution in [0.2, 0.25) is 0 Å². The van der Waals surface area contributed by atoms with Crippen molar-refractivity contribution in [3.05, 3.63) is 46.5 Å². The normalized spacial score (nSPS) is 11.9. The van der Waals surface area contributed by atoms with E-state index in [0.717, 1.165) is 5.56 Å². The molecule has 9 nitrogen and oxygen atoms in total. The van der Waals surface area contributed by atoms with Gasteiger partial charge >= 0.3 is 10.2 Å². The maximum Gasteiger partial charge on any atom is 0.302 e. The number of aromatic nitrogens is 1. The highest BCUT2D eigenvalue weighted by atomic mass is 32.2. The minimum Gasteiger partial charge on any atom is -0.529 e. The SMILES string of the molecule is Cc1ccccc1C(=O)c1cnc(NCCCNS(=O)(=O)N(C(=O)[O-])C(C)(C)C)s1. The van der Waals surface area contributed by atoms with Crippen molar-refractivity contribution >= 4 is 38.6 Å². The lowest BCUT2D eigenvalue weighted by atomic mass is 10.0. The summed E-state index contributed by atoms with van der Waals surface area (Å²) in [5, 5.41) is 14.8. The van der Waals surface area contributed by atoms with Crippen molar-refractivity contribution in [1.29, 1.82) is 0 Å². The number of aryl methyl sites for hydroxylation is 1. The summed E-state index contributed by atoms with van der Waals surface area (Å²) >= 11 is 1.22. The van der Waals surface area contributed by atoms with E-state index in [4.69, 9.17) is 0 Å². The van der Waals surface area contributed by atoms with Crippen molar-refractivity contribution in [2.75, 3.05) is 18.4 Å². The van der Waals surface area contributed by atoms with Crippen LogP contribution in [0.3, 0.4) is 0 Å². The van der Waals surface area contributed by atoms with Crippen molar-refractivity contribution in [2.24, 2.45) is 0 Å². The molecule has 2 N–H and O–H groups in total. The van der Waals surface area contributed by atoms with E-state index in [1.807, 2.05) is 25.1 Å². The monoisotopic (exact) mass is 453 g/mol. The Labute approximate surface area is 180 Å². The number of carbonyl (C=O) groups is 2. The topological polar surface area (TPSA) is 132 Å². The Morgan fingerprint density at radius 2 is 1.87 bits per heavy atom. The Bertz CT molecular complexity index is 1010. The molecule has 2 aromatic rings. The molecule has 1 amide bonds. The van der Waals surface area contributed by atoms with Gasteiger partial charge in [0.25, 0.3) is 0 Å².